The van der Waals surface area contributed by atoms with Crippen LogP contribution in [0.25, 0.3) is 0 Å². The van der Waals surface area contributed by atoms with Gasteiger partial charge in [-0.2, -0.15) is 0 Å². The third-order valence-corrected chi connectivity index (χ3v) is 7.66. The molecule has 0 rings (SSSR count). The SMILES string of the molecule is CCC(O)C(O)C(O)C(O)CN(C)CC(O)COCCC[Si](C)(OC)OC. The van der Waals surface area contributed by atoms with Crippen LogP contribution in [0.1, 0.15) is 19.8 Å². The molecule has 27 heavy (non-hydrogen) atoms. The number of hydrogen-bond donors (Lipinski definition) is 5. The van der Waals surface area contributed by atoms with E-state index in [2.05, 4.69) is 0 Å². The number of ether oxygens (including phenoxy) is 1. The zero-order valence-corrected chi connectivity index (χ0v) is 18.2. The van der Waals surface area contributed by atoms with Gasteiger partial charge < -0.3 is 44.0 Å². The Morgan fingerprint density at radius 1 is 0.926 bits per heavy atom. The van der Waals surface area contributed by atoms with E-state index in [0.717, 1.165) is 12.5 Å². The molecule has 0 amide bonds. The Morgan fingerprint density at radius 2 is 1.48 bits per heavy atom. The molecule has 0 aromatic heterocycles. The summed E-state index contributed by atoms with van der Waals surface area (Å²) in [6, 6.07) is 0.798. The number of nitrogens with zero attached hydrogens (tertiary/aromatic N) is 1. The van der Waals surface area contributed by atoms with E-state index in [1.165, 1.54) is 0 Å². The Morgan fingerprint density at radius 3 is 2.00 bits per heavy atom. The van der Waals surface area contributed by atoms with E-state index >= 15 is 0 Å². The second-order valence-electron chi connectivity index (χ2n) is 7.12. The van der Waals surface area contributed by atoms with Gasteiger partial charge in [0.1, 0.15) is 12.2 Å². The Kier molecular flexibility index (Phi) is 13.9. The molecule has 0 aliphatic heterocycles. The predicted octanol–water partition coefficient (Wildman–Crippen LogP) is -1.10. The summed E-state index contributed by atoms with van der Waals surface area (Å²) >= 11 is 0. The average Bonchev–Trinajstić information content (AvgIpc) is 2.65. The number of likely N-dealkylation sites (N-methyl/N-ethyl adjacent to an activating group) is 1. The summed E-state index contributed by atoms with van der Waals surface area (Å²) in [6.07, 6.45) is -4.93. The first-order valence-corrected chi connectivity index (χ1v) is 11.9. The lowest BCUT2D eigenvalue weighted by molar-refractivity contribution is -0.111. The Bertz CT molecular complexity index is 375. The first-order chi connectivity index (χ1) is 12.6. The molecule has 5 unspecified atom stereocenters. The van der Waals surface area contributed by atoms with Crippen LogP contribution in [0, 0.1) is 0 Å². The average molecular weight is 414 g/mol. The molecule has 0 fully saturated rings. The zero-order valence-electron chi connectivity index (χ0n) is 17.2. The number of hydrogen-bond acceptors (Lipinski definition) is 9. The largest absolute Gasteiger partial charge is 0.398 e. The van der Waals surface area contributed by atoms with E-state index in [1.807, 2.05) is 6.55 Å². The maximum Gasteiger partial charge on any atom is 0.334 e. The number of aliphatic hydroxyl groups excluding tert-OH is 5. The summed E-state index contributed by atoms with van der Waals surface area (Å²) in [5.74, 6) is 0. The first-order valence-electron chi connectivity index (χ1n) is 9.37. The van der Waals surface area contributed by atoms with Crippen LogP contribution in [-0.4, -0.2) is 117 Å². The van der Waals surface area contributed by atoms with Gasteiger partial charge in [0, 0.05) is 33.9 Å². The molecule has 0 radical (unpaired) electrons. The van der Waals surface area contributed by atoms with Crippen LogP contribution in [0.15, 0.2) is 0 Å². The van der Waals surface area contributed by atoms with E-state index in [0.29, 0.717) is 6.61 Å². The molecule has 0 saturated carbocycles. The van der Waals surface area contributed by atoms with Crippen molar-refractivity contribution in [3.63, 3.8) is 0 Å². The predicted molar refractivity (Wildman–Crippen MR) is 104 cm³/mol. The van der Waals surface area contributed by atoms with Crippen LogP contribution in [0.2, 0.25) is 12.6 Å². The topological polar surface area (TPSA) is 132 Å². The van der Waals surface area contributed by atoms with E-state index in [9.17, 15) is 25.5 Å². The lowest BCUT2D eigenvalue weighted by atomic mass is 10.0. The van der Waals surface area contributed by atoms with Crippen LogP contribution in [-0.2, 0) is 13.6 Å². The molecule has 5 atom stereocenters. The summed E-state index contributed by atoms with van der Waals surface area (Å²) in [5.41, 5.74) is 0. The number of rotatable bonds is 16. The van der Waals surface area contributed by atoms with Crippen molar-refractivity contribution in [2.75, 3.05) is 47.6 Å². The van der Waals surface area contributed by atoms with Crippen molar-refractivity contribution in [1.29, 1.82) is 0 Å². The van der Waals surface area contributed by atoms with E-state index in [1.54, 1.807) is 33.1 Å². The van der Waals surface area contributed by atoms with E-state index in [-0.39, 0.29) is 26.1 Å². The Hall–Kier alpha value is -0.143. The molecule has 0 saturated heterocycles. The highest BCUT2D eigenvalue weighted by Gasteiger charge is 2.30. The third-order valence-electron chi connectivity index (χ3n) is 4.67. The summed E-state index contributed by atoms with van der Waals surface area (Å²) in [7, 11) is 2.87. The van der Waals surface area contributed by atoms with Crippen LogP contribution < -0.4 is 0 Å². The molecule has 164 valence electrons. The van der Waals surface area contributed by atoms with Gasteiger partial charge >= 0.3 is 8.56 Å². The van der Waals surface area contributed by atoms with Crippen LogP contribution in [0.4, 0.5) is 0 Å². The number of aliphatic hydroxyl groups is 5. The summed E-state index contributed by atoms with van der Waals surface area (Å²) in [4.78, 5) is 1.63. The fourth-order valence-electron chi connectivity index (χ4n) is 2.61. The van der Waals surface area contributed by atoms with E-state index < -0.39 is 39.1 Å². The molecule has 0 heterocycles. The molecule has 0 spiro atoms. The maximum absolute atomic E-state index is 10.0. The van der Waals surface area contributed by atoms with Crippen LogP contribution >= 0.6 is 0 Å². The van der Waals surface area contributed by atoms with Gasteiger partial charge in [0.2, 0.25) is 0 Å². The van der Waals surface area contributed by atoms with Crippen LogP contribution in [0.3, 0.4) is 0 Å². The molecule has 0 bridgehead atoms. The molecule has 0 aliphatic rings. The van der Waals surface area contributed by atoms with Gasteiger partial charge in [-0.3, -0.25) is 0 Å². The summed E-state index contributed by atoms with van der Waals surface area (Å²) in [5, 5.41) is 49.2. The fourth-order valence-corrected chi connectivity index (χ4v) is 3.97. The highest BCUT2D eigenvalue weighted by atomic mass is 28.4. The van der Waals surface area contributed by atoms with E-state index in [4.69, 9.17) is 13.6 Å². The smallest absolute Gasteiger partial charge is 0.334 e. The quantitative estimate of drug-likeness (QED) is 0.158. The molecule has 10 heteroatoms. The monoisotopic (exact) mass is 413 g/mol. The van der Waals surface area contributed by atoms with Crippen molar-refractivity contribution in [3.8, 4) is 0 Å². The van der Waals surface area contributed by atoms with Gasteiger partial charge in [-0.1, -0.05) is 6.92 Å². The first kappa shape index (κ1) is 26.9. The maximum atomic E-state index is 10.0. The molecular formula is C17H39NO8Si. The van der Waals surface area contributed by atoms with Crippen LogP contribution in [0.5, 0.6) is 0 Å². The highest BCUT2D eigenvalue weighted by molar-refractivity contribution is 6.65. The van der Waals surface area contributed by atoms with Gasteiger partial charge in [-0.15, -0.1) is 0 Å². The molecule has 0 aromatic rings. The van der Waals surface area contributed by atoms with Crippen molar-refractivity contribution in [1.82, 2.24) is 4.90 Å². The summed E-state index contributed by atoms with van der Waals surface area (Å²) < 4.78 is 16.2. The zero-order chi connectivity index (χ0) is 21.0. The van der Waals surface area contributed by atoms with Crippen molar-refractivity contribution in [2.45, 2.75) is 62.9 Å². The van der Waals surface area contributed by atoms with Gasteiger partial charge in [-0.25, -0.2) is 0 Å². The molecule has 0 aliphatic carbocycles. The highest BCUT2D eigenvalue weighted by Crippen LogP contribution is 2.13. The molecular weight excluding hydrogens is 374 g/mol. The lowest BCUT2D eigenvalue weighted by Gasteiger charge is -2.29. The van der Waals surface area contributed by atoms with Crippen molar-refractivity contribution in [3.05, 3.63) is 0 Å². The second kappa shape index (κ2) is 13.9. The van der Waals surface area contributed by atoms with Crippen molar-refractivity contribution < 1.29 is 39.1 Å². The fraction of sp³-hybridized carbons (Fsp3) is 1.00. The lowest BCUT2D eigenvalue weighted by Crippen LogP contribution is -2.49. The summed E-state index contributed by atoms with van der Waals surface area (Å²) in [6.45, 7) is 4.56. The normalized spacial score (nSPS) is 18.3. The second-order valence-corrected chi connectivity index (χ2v) is 10.7. The molecule has 0 aromatic carbocycles. The van der Waals surface area contributed by atoms with Crippen molar-refractivity contribution >= 4 is 8.56 Å². The Balaban J connectivity index is 4.05. The van der Waals surface area contributed by atoms with Gasteiger partial charge in [0.25, 0.3) is 0 Å². The van der Waals surface area contributed by atoms with Crippen molar-refractivity contribution in [2.24, 2.45) is 0 Å². The minimum atomic E-state index is -2.09. The Labute approximate surface area is 163 Å². The standard InChI is InChI=1S/C17H39NO8Si/c1-6-14(20)16(22)17(23)15(21)11-18(2)10-13(19)12-26-8-7-9-27(5,24-3)25-4/h13-17,19-23H,6-12H2,1-5H3. The minimum Gasteiger partial charge on any atom is -0.398 e. The molecule has 9 nitrogen and oxygen atoms in total. The van der Waals surface area contributed by atoms with Gasteiger partial charge in [-0.05, 0) is 32.5 Å². The third kappa shape index (κ3) is 10.8. The van der Waals surface area contributed by atoms with Gasteiger partial charge in [0.15, 0.2) is 0 Å². The minimum absolute atomic E-state index is 0.0390. The molecule has 5 N–H and O–H groups in total. The van der Waals surface area contributed by atoms with Gasteiger partial charge in [0.05, 0.1) is 24.9 Å².